The summed E-state index contributed by atoms with van der Waals surface area (Å²) in [6.07, 6.45) is 5.40. The number of nitrogens with two attached hydrogens (primary N) is 1. The van der Waals surface area contributed by atoms with Crippen molar-refractivity contribution in [3.63, 3.8) is 0 Å². The predicted octanol–water partition coefficient (Wildman–Crippen LogP) is 3.09. The summed E-state index contributed by atoms with van der Waals surface area (Å²) in [6.45, 7) is 2.23. The van der Waals surface area contributed by atoms with Gasteiger partial charge in [-0.15, -0.1) is 0 Å². The molecule has 1 aromatic heterocycles. The second-order valence-corrected chi connectivity index (χ2v) is 4.76. The van der Waals surface area contributed by atoms with Crippen LogP contribution >= 0.6 is 0 Å². The third kappa shape index (κ3) is 3.41. The van der Waals surface area contributed by atoms with Gasteiger partial charge in [0.05, 0.1) is 6.54 Å². The van der Waals surface area contributed by atoms with Crippen molar-refractivity contribution < 1.29 is 8.78 Å². The molecular weight excluding hydrogens is 246 g/mol. The van der Waals surface area contributed by atoms with Crippen molar-refractivity contribution in [2.24, 2.45) is 5.73 Å². The van der Waals surface area contributed by atoms with E-state index in [1.807, 2.05) is 25.4 Å². The van der Waals surface area contributed by atoms with Gasteiger partial charge in [-0.3, -0.25) is 0 Å². The van der Waals surface area contributed by atoms with Crippen LogP contribution in [-0.4, -0.2) is 10.6 Å². The molecule has 0 saturated heterocycles. The second-order valence-electron chi connectivity index (χ2n) is 4.76. The van der Waals surface area contributed by atoms with E-state index in [4.69, 9.17) is 5.73 Å². The van der Waals surface area contributed by atoms with Crippen LogP contribution in [0.1, 0.15) is 24.5 Å². The van der Waals surface area contributed by atoms with E-state index in [9.17, 15) is 8.78 Å². The standard InChI is InChI=1S/C15H18F2N2/c1-2-12(18)8-11-6-7-19(9-11)10-13-14(16)4-3-5-15(13)17/h3-7,9,12H,2,8,10,18H2,1H3. The van der Waals surface area contributed by atoms with Gasteiger partial charge in [0.15, 0.2) is 0 Å². The summed E-state index contributed by atoms with van der Waals surface area (Å²) in [5.41, 5.74) is 7.06. The summed E-state index contributed by atoms with van der Waals surface area (Å²) >= 11 is 0. The van der Waals surface area contributed by atoms with Gasteiger partial charge in [0.25, 0.3) is 0 Å². The van der Waals surface area contributed by atoms with Crippen molar-refractivity contribution in [2.75, 3.05) is 0 Å². The molecule has 0 amide bonds. The number of hydrogen-bond donors (Lipinski definition) is 1. The molecule has 0 radical (unpaired) electrons. The van der Waals surface area contributed by atoms with Crippen LogP contribution in [-0.2, 0) is 13.0 Å². The van der Waals surface area contributed by atoms with Crippen LogP contribution in [0, 0.1) is 11.6 Å². The van der Waals surface area contributed by atoms with Crippen molar-refractivity contribution in [1.82, 2.24) is 4.57 Å². The zero-order chi connectivity index (χ0) is 13.8. The molecule has 0 fully saturated rings. The van der Waals surface area contributed by atoms with E-state index in [-0.39, 0.29) is 18.2 Å². The van der Waals surface area contributed by atoms with E-state index in [0.29, 0.717) is 0 Å². The van der Waals surface area contributed by atoms with Crippen molar-refractivity contribution in [3.05, 3.63) is 59.4 Å². The molecule has 1 aromatic carbocycles. The van der Waals surface area contributed by atoms with Gasteiger partial charge in [-0.25, -0.2) is 8.78 Å². The lowest BCUT2D eigenvalue weighted by molar-refractivity contribution is 0.544. The number of halogens is 2. The second kappa shape index (κ2) is 5.97. The quantitative estimate of drug-likeness (QED) is 0.884. The zero-order valence-corrected chi connectivity index (χ0v) is 10.9. The molecule has 102 valence electrons. The van der Waals surface area contributed by atoms with Crippen molar-refractivity contribution in [1.29, 1.82) is 0 Å². The molecule has 2 aromatic rings. The van der Waals surface area contributed by atoms with E-state index in [0.717, 1.165) is 18.4 Å². The number of hydrogen-bond acceptors (Lipinski definition) is 1. The zero-order valence-electron chi connectivity index (χ0n) is 10.9. The molecule has 0 aliphatic heterocycles. The highest BCUT2D eigenvalue weighted by Crippen LogP contribution is 2.15. The van der Waals surface area contributed by atoms with Crippen LogP contribution < -0.4 is 5.73 Å². The minimum atomic E-state index is -0.513. The van der Waals surface area contributed by atoms with Gasteiger partial charge >= 0.3 is 0 Å². The summed E-state index contributed by atoms with van der Waals surface area (Å²) in [4.78, 5) is 0. The Bertz CT molecular complexity index is 529. The lowest BCUT2D eigenvalue weighted by atomic mass is 10.1. The highest BCUT2D eigenvalue weighted by atomic mass is 19.1. The molecule has 2 nitrogen and oxygen atoms in total. The minimum Gasteiger partial charge on any atom is -0.349 e. The monoisotopic (exact) mass is 264 g/mol. The van der Waals surface area contributed by atoms with E-state index >= 15 is 0 Å². The Morgan fingerprint density at radius 3 is 2.53 bits per heavy atom. The predicted molar refractivity (Wildman–Crippen MR) is 71.9 cm³/mol. The molecule has 0 aliphatic rings. The van der Waals surface area contributed by atoms with Gasteiger partial charge in [0, 0.05) is 24.0 Å². The van der Waals surface area contributed by atoms with Crippen molar-refractivity contribution >= 4 is 0 Å². The van der Waals surface area contributed by atoms with E-state index in [2.05, 4.69) is 0 Å². The Labute approximate surface area is 111 Å². The molecule has 1 heterocycles. The molecule has 1 atom stereocenters. The van der Waals surface area contributed by atoms with Gasteiger partial charge in [-0.2, -0.15) is 0 Å². The number of rotatable bonds is 5. The highest BCUT2D eigenvalue weighted by Gasteiger charge is 2.09. The lowest BCUT2D eigenvalue weighted by Gasteiger charge is -2.07. The summed E-state index contributed by atoms with van der Waals surface area (Å²) in [6, 6.07) is 5.98. The Morgan fingerprint density at radius 2 is 1.89 bits per heavy atom. The molecular formula is C15H18F2N2. The number of aromatic nitrogens is 1. The van der Waals surface area contributed by atoms with Crippen LogP contribution in [0.4, 0.5) is 8.78 Å². The maximum absolute atomic E-state index is 13.5. The maximum atomic E-state index is 13.5. The van der Waals surface area contributed by atoms with Crippen LogP contribution in [0.5, 0.6) is 0 Å². The molecule has 2 N–H and O–H groups in total. The Balaban J connectivity index is 2.12. The average Bonchev–Trinajstić information content (AvgIpc) is 2.81. The van der Waals surface area contributed by atoms with Crippen LogP contribution in [0.2, 0.25) is 0 Å². The SMILES string of the molecule is CCC(N)Cc1ccn(Cc2c(F)cccc2F)c1. The lowest BCUT2D eigenvalue weighted by Crippen LogP contribution is -2.21. The first-order chi connectivity index (χ1) is 9.10. The molecule has 19 heavy (non-hydrogen) atoms. The fourth-order valence-corrected chi connectivity index (χ4v) is 2.02. The highest BCUT2D eigenvalue weighted by molar-refractivity contribution is 5.21. The maximum Gasteiger partial charge on any atom is 0.131 e. The van der Waals surface area contributed by atoms with E-state index in [1.165, 1.54) is 18.2 Å². The Kier molecular flexibility index (Phi) is 4.32. The molecule has 1 unspecified atom stereocenters. The third-order valence-electron chi connectivity index (χ3n) is 3.24. The molecule has 0 spiro atoms. The van der Waals surface area contributed by atoms with Gasteiger partial charge in [-0.1, -0.05) is 13.0 Å². The fraction of sp³-hybridized carbons (Fsp3) is 0.333. The van der Waals surface area contributed by atoms with E-state index < -0.39 is 11.6 Å². The van der Waals surface area contributed by atoms with Crippen molar-refractivity contribution in [2.45, 2.75) is 32.4 Å². The van der Waals surface area contributed by atoms with Crippen LogP contribution in [0.25, 0.3) is 0 Å². The first-order valence-electron chi connectivity index (χ1n) is 6.43. The molecule has 2 rings (SSSR count). The number of nitrogens with zero attached hydrogens (tertiary/aromatic N) is 1. The molecule has 4 heteroatoms. The normalized spacial score (nSPS) is 12.6. The van der Waals surface area contributed by atoms with Crippen LogP contribution in [0.15, 0.2) is 36.7 Å². The largest absolute Gasteiger partial charge is 0.349 e. The smallest absolute Gasteiger partial charge is 0.131 e. The van der Waals surface area contributed by atoms with Gasteiger partial charge in [-0.05, 0) is 36.6 Å². The summed E-state index contributed by atoms with van der Waals surface area (Å²) in [5, 5.41) is 0. The summed E-state index contributed by atoms with van der Waals surface area (Å²) in [5.74, 6) is -1.03. The van der Waals surface area contributed by atoms with Crippen LogP contribution in [0.3, 0.4) is 0 Å². The van der Waals surface area contributed by atoms with Gasteiger partial charge in [0.1, 0.15) is 11.6 Å². The van der Waals surface area contributed by atoms with Crippen molar-refractivity contribution in [3.8, 4) is 0 Å². The third-order valence-corrected chi connectivity index (χ3v) is 3.24. The first-order valence-corrected chi connectivity index (χ1v) is 6.43. The number of benzene rings is 1. The van der Waals surface area contributed by atoms with E-state index in [1.54, 1.807) is 4.57 Å². The summed E-state index contributed by atoms with van der Waals surface area (Å²) in [7, 11) is 0. The molecule has 0 bridgehead atoms. The minimum absolute atomic E-state index is 0.0874. The summed E-state index contributed by atoms with van der Waals surface area (Å²) < 4.78 is 28.8. The first kappa shape index (κ1) is 13.7. The molecule has 0 saturated carbocycles. The Hall–Kier alpha value is -1.68. The van der Waals surface area contributed by atoms with Gasteiger partial charge in [0.2, 0.25) is 0 Å². The molecule has 0 aliphatic carbocycles. The van der Waals surface area contributed by atoms with Gasteiger partial charge < -0.3 is 10.3 Å². The average molecular weight is 264 g/mol. The Morgan fingerprint density at radius 1 is 1.21 bits per heavy atom. The fourth-order valence-electron chi connectivity index (χ4n) is 2.02. The topological polar surface area (TPSA) is 30.9 Å².